The highest BCUT2D eigenvalue weighted by molar-refractivity contribution is 5.99. The van der Waals surface area contributed by atoms with E-state index in [-0.39, 0.29) is 11.5 Å². The Bertz CT molecular complexity index is 593. The smallest absolute Gasteiger partial charge is 0.203 e. The summed E-state index contributed by atoms with van der Waals surface area (Å²) < 4.78 is 19.3. The molecule has 0 radical (unpaired) electrons. The lowest BCUT2D eigenvalue weighted by atomic mass is 10.0. The zero-order valence-corrected chi connectivity index (χ0v) is 11.6. The molecule has 0 bridgehead atoms. The third-order valence-electron chi connectivity index (χ3n) is 3.08. The van der Waals surface area contributed by atoms with Crippen molar-refractivity contribution in [3.05, 3.63) is 65.5 Å². The van der Waals surface area contributed by atoms with Gasteiger partial charge in [0.15, 0.2) is 17.7 Å². The number of aryl methyl sites for hydroxylation is 1. The molecule has 0 aromatic heterocycles. The molecular weight excluding hydrogens is 255 g/mol. The minimum Gasteiger partial charge on any atom is -0.479 e. The Labute approximate surface area is 118 Å². The predicted octanol–water partition coefficient (Wildman–Crippen LogP) is 4.17. The summed E-state index contributed by atoms with van der Waals surface area (Å²) in [6, 6.07) is 13.5. The maximum atomic E-state index is 13.7. The largest absolute Gasteiger partial charge is 0.479 e. The van der Waals surface area contributed by atoms with Gasteiger partial charge in [-0.15, -0.1) is 0 Å². The Morgan fingerprint density at radius 1 is 1.20 bits per heavy atom. The molecule has 0 aliphatic carbocycles. The molecule has 20 heavy (non-hydrogen) atoms. The van der Waals surface area contributed by atoms with Crippen LogP contribution in [0.4, 0.5) is 4.39 Å². The molecule has 0 saturated carbocycles. The highest BCUT2D eigenvalue weighted by Crippen LogP contribution is 2.21. The van der Waals surface area contributed by atoms with Crippen LogP contribution in [0.5, 0.6) is 5.75 Å². The van der Waals surface area contributed by atoms with Crippen LogP contribution in [0.25, 0.3) is 0 Å². The lowest BCUT2D eigenvalue weighted by molar-refractivity contribution is 0.0779. The molecular formula is C17H17FO2. The van der Waals surface area contributed by atoms with Crippen LogP contribution < -0.4 is 4.74 Å². The Balaban J connectivity index is 2.21. The van der Waals surface area contributed by atoms with E-state index in [1.807, 2.05) is 19.9 Å². The van der Waals surface area contributed by atoms with Gasteiger partial charge in [-0.05, 0) is 31.0 Å². The minimum absolute atomic E-state index is 0.126. The molecule has 0 saturated heterocycles. The summed E-state index contributed by atoms with van der Waals surface area (Å²) in [5, 5.41) is 0. The molecule has 3 heteroatoms. The summed E-state index contributed by atoms with van der Waals surface area (Å²) in [6.45, 7) is 3.70. The van der Waals surface area contributed by atoms with Gasteiger partial charge in [0.1, 0.15) is 0 Å². The van der Waals surface area contributed by atoms with Crippen LogP contribution in [0.1, 0.15) is 29.3 Å². The number of hydrogen-bond donors (Lipinski definition) is 0. The summed E-state index contributed by atoms with van der Waals surface area (Å²) in [6.07, 6.45) is -0.185. The van der Waals surface area contributed by atoms with E-state index in [4.69, 9.17) is 4.74 Å². The molecule has 0 heterocycles. The van der Waals surface area contributed by atoms with Crippen molar-refractivity contribution in [2.24, 2.45) is 0 Å². The molecule has 104 valence electrons. The van der Waals surface area contributed by atoms with E-state index in [2.05, 4.69) is 0 Å². The topological polar surface area (TPSA) is 26.3 Å². The summed E-state index contributed by atoms with van der Waals surface area (Å²) >= 11 is 0. The van der Waals surface area contributed by atoms with Crippen LogP contribution in [0, 0.1) is 12.7 Å². The third-order valence-corrected chi connectivity index (χ3v) is 3.08. The van der Waals surface area contributed by atoms with Crippen LogP contribution in [0.2, 0.25) is 0 Å². The number of hydrogen-bond acceptors (Lipinski definition) is 2. The summed E-state index contributed by atoms with van der Waals surface area (Å²) in [7, 11) is 0. The molecule has 2 aromatic rings. The van der Waals surface area contributed by atoms with Gasteiger partial charge in [0, 0.05) is 5.56 Å². The lowest BCUT2D eigenvalue weighted by Gasteiger charge is -2.17. The zero-order valence-electron chi connectivity index (χ0n) is 11.6. The van der Waals surface area contributed by atoms with Crippen LogP contribution in [0.3, 0.4) is 0 Å². The van der Waals surface area contributed by atoms with Gasteiger partial charge in [-0.3, -0.25) is 4.79 Å². The van der Waals surface area contributed by atoms with Crippen LogP contribution in [-0.2, 0) is 0 Å². The number of ether oxygens (including phenoxy) is 1. The van der Waals surface area contributed by atoms with E-state index >= 15 is 0 Å². The third kappa shape index (κ3) is 3.23. The van der Waals surface area contributed by atoms with Crippen molar-refractivity contribution in [1.29, 1.82) is 0 Å². The molecule has 1 unspecified atom stereocenters. The summed E-state index contributed by atoms with van der Waals surface area (Å²) in [5.41, 5.74) is 1.47. The fraction of sp³-hybridized carbons (Fsp3) is 0.235. The second kappa shape index (κ2) is 6.33. The van der Waals surface area contributed by atoms with E-state index in [9.17, 15) is 9.18 Å². The van der Waals surface area contributed by atoms with Gasteiger partial charge in [0.25, 0.3) is 0 Å². The average molecular weight is 272 g/mol. The minimum atomic E-state index is -0.673. The monoisotopic (exact) mass is 272 g/mol. The quantitative estimate of drug-likeness (QED) is 0.763. The van der Waals surface area contributed by atoms with Crippen molar-refractivity contribution in [2.75, 3.05) is 0 Å². The van der Waals surface area contributed by atoms with Gasteiger partial charge in [-0.2, -0.15) is 0 Å². The maximum absolute atomic E-state index is 13.7. The van der Waals surface area contributed by atoms with Gasteiger partial charge in [0.2, 0.25) is 5.78 Å². The van der Waals surface area contributed by atoms with Crippen LogP contribution in [-0.4, -0.2) is 11.9 Å². The second-order valence-electron chi connectivity index (χ2n) is 4.68. The number of carbonyl (C=O) groups is 1. The van der Waals surface area contributed by atoms with E-state index in [0.29, 0.717) is 12.0 Å². The molecule has 1 atom stereocenters. The van der Waals surface area contributed by atoms with Gasteiger partial charge in [0.05, 0.1) is 0 Å². The first-order chi connectivity index (χ1) is 9.61. The Morgan fingerprint density at radius 2 is 1.90 bits per heavy atom. The first-order valence-electron chi connectivity index (χ1n) is 6.64. The second-order valence-corrected chi connectivity index (χ2v) is 4.68. The molecule has 0 fully saturated rings. The van der Waals surface area contributed by atoms with E-state index in [1.54, 1.807) is 36.4 Å². The molecule has 0 N–H and O–H groups in total. The van der Waals surface area contributed by atoms with Crippen molar-refractivity contribution in [3.63, 3.8) is 0 Å². The first-order valence-corrected chi connectivity index (χ1v) is 6.64. The summed E-state index contributed by atoms with van der Waals surface area (Å²) in [5.74, 6) is -0.454. The molecule has 2 nitrogen and oxygen atoms in total. The number of rotatable bonds is 5. The van der Waals surface area contributed by atoms with Crippen LogP contribution in [0.15, 0.2) is 48.5 Å². The molecule has 2 rings (SSSR count). The lowest BCUT2D eigenvalue weighted by Crippen LogP contribution is -2.27. The van der Waals surface area contributed by atoms with Gasteiger partial charge in [-0.1, -0.05) is 43.3 Å². The van der Waals surface area contributed by atoms with Crippen LogP contribution >= 0.6 is 0 Å². The highest BCUT2D eigenvalue weighted by atomic mass is 19.1. The average Bonchev–Trinajstić information content (AvgIpc) is 2.48. The van der Waals surface area contributed by atoms with E-state index in [0.717, 1.165) is 5.56 Å². The first kappa shape index (κ1) is 14.3. The predicted molar refractivity (Wildman–Crippen MR) is 76.6 cm³/mol. The standard InChI is InChI=1S/C17H17FO2/c1-3-15(17(19)13-7-5-4-6-8-13)20-16-11-12(2)9-10-14(16)18/h4-11,15H,3H2,1-2H3. The van der Waals surface area contributed by atoms with Crippen molar-refractivity contribution in [2.45, 2.75) is 26.4 Å². The molecule has 0 amide bonds. The fourth-order valence-corrected chi connectivity index (χ4v) is 1.96. The van der Waals surface area contributed by atoms with Crippen molar-refractivity contribution < 1.29 is 13.9 Å². The fourth-order valence-electron chi connectivity index (χ4n) is 1.96. The molecule has 0 aliphatic rings. The summed E-state index contributed by atoms with van der Waals surface area (Å²) in [4.78, 5) is 12.3. The van der Waals surface area contributed by atoms with Gasteiger partial charge in [-0.25, -0.2) is 4.39 Å². The Hall–Kier alpha value is -2.16. The van der Waals surface area contributed by atoms with Crippen molar-refractivity contribution >= 4 is 5.78 Å². The van der Waals surface area contributed by atoms with E-state index < -0.39 is 11.9 Å². The number of carbonyl (C=O) groups excluding carboxylic acids is 1. The number of benzene rings is 2. The normalized spacial score (nSPS) is 11.9. The van der Waals surface area contributed by atoms with Gasteiger partial charge < -0.3 is 4.74 Å². The molecule has 0 spiro atoms. The Kier molecular flexibility index (Phi) is 4.51. The molecule has 2 aromatic carbocycles. The highest BCUT2D eigenvalue weighted by Gasteiger charge is 2.21. The van der Waals surface area contributed by atoms with E-state index in [1.165, 1.54) is 6.07 Å². The number of halogens is 1. The number of Topliss-reactive ketones (excluding diaryl/α,β-unsaturated/α-hetero) is 1. The molecule has 0 aliphatic heterocycles. The zero-order chi connectivity index (χ0) is 14.5. The Morgan fingerprint density at radius 3 is 2.55 bits per heavy atom. The number of ketones is 1. The maximum Gasteiger partial charge on any atom is 0.203 e. The SMILES string of the molecule is CCC(Oc1cc(C)ccc1F)C(=O)c1ccccc1. The van der Waals surface area contributed by atoms with Gasteiger partial charge >= 0.3 is 0 Å². The van der Waals surface area contributed by atoms with Crippen molar-refractivity contribution in [3.8, 4) is 5.75 Å². The van der Waals surface area contributed by atoms with Crippen molar-refractivity contribution in [1.82, 2.24) is 0 Å².